The number of nitrogens with one attached hydrogen (secondary N) is 1. The van der Waals surface area contributed by atoms with Crippen molar-refractivity contribution in [1.29, 1.82) is 0 Å². The molecule has 0 unspecified atom stereocenters. The number of non-ortho nitro benzene ring substituents is 1. The molecule has 1 N–H and O–H groups in total. The van der Waals surface area contributed by atoms with E-state index in [-0.39, 0.29) is 10.6 Å². The molecule has 0 bridgehead atoms. The molecular formula is C12H14N4O2. The second-order valence-corrected chi connectivity index (χ2v) is 4.60. The third kappa shape index (κ3) is 1.95. The van der Waals surface area contributed by atoms with Crippen LogP contribution in [0.15, 0.2) is 18.2 Å². The fraction of sp³-hybridized carbons (Fsp3) is 0.417. The Bertz CT molecular complexity index is 587. The minimum Gasteiger partial charge on any atom is -0.341 e. The van der Waals surface area contributed by atoms with Gasteiger partial charge in [-0.2, -0.15) is 0 Å². The lowest BCUT2D eigenvalue weighted by Crippen LogP contribution is -2.19. The number of H-pyrrole nitrogens is 1. The number of aromatic amines is 1. The molecular weight excluding hydrogens is 232 g/mol. The number of fused-ring (bicyclic) bond motifs is 1. The number of para-hydroxylation sites is 1. The molecule has 94 valence electrons. The number of nitro groups is 1. The van der Waals surface area contributed by atoms with Crippen molar-refractivity contribution in [1.82, 2.24) is 14.9 Å². The van der Waals surface area contributed by atoms with Crippen molar-refractivity contribution in [2.75, 3.05) is 13.1 Å². The van der Waals surface area contributed by atoms with Crippen LogP contribution in [-0.2, 0) is 6.54 Å². The zero-order valence-electron chi connectivity index (χ0n) is 9.93. The highest BCUT2D eigenvalue weighted by molar-refractivity contribution is 5.84. The molecule has 2 aromatic rings. The van der Waals surface area contributed by atoms with Gasteiger partial charge in [-0.1, -0.05) is 6.07 Å². The second-order valence-electron chi connectivity index (χ2n) is 4.60. The number of benzene rings is 1. The number of imidazole rings is 1. The predicted octanol–water partition coefficient (Wildman–Crippen LogP) is 2.07. The lowest BCUT2D eigenvalue weighted by atomic mass is 10.3. The number of nitrogens with zero attached hydrogens (tertiary/aromatic N) is 3. The number of aromatic nitrogens is 2. The summed E-state index contributed by atoms with van der Waals surface area (Å²) in [5, 5.41) is 10.9. The van der Waals surface area contributed by atoms with Gasteiger partial charge in [0.2, 0.25) is 0 Å². The van der Waals surface area contributed by atoms with Crippen LogP contribution in [0.3, 0.4) is 0 Å². The summed E-state index contributed by atoms with van der Waals surface area (Å²) >= 11 is 0. The number of likely N-dealkylation sites (tertiary alicyclic amines) is 1. The van der Waals surface area contributed by atoms with Gasteiger partial charge in [0.05, 0.1) is 17.0 Å². The van der Waals surface area contributed by atoms with E-state index >= 15 is 0 Å². The molecule has 0 aliphatic carbocycles. The topological polar surface area (TPSA) is 75.1 Å². The molecule has 3 rings (SSSR count). The summed E-state index contributed by atoms with van der Waals surface area (Å²) in [5.74, 6) is 0.807. The predicted molar refractivity (Wildman–Crippen MR) is 67.3 cm³/mol. The number of hydrogen-bond acceptors (Lipinski definition) is 4. The van der Waals surface area contributed by atoms with E-state index in [9.17, 15) is 10.1 Å². The number of nitro benzene ring substituents is 1. The number of rotatable bonds is 3. The summed E-state index contributed by atoms with van der Waals surface area (Å²) in [5.41, 5.74) is 1.26. The van der Waals surface area contributed by atoms with E-state index in [0.717, 1.165) is 31.0 Å². The molecule has 0 spiro atoms. The first-order valence-corrected chi connectivity index (χ1v) is 6.08. The highest BCUT2D eigenvalue weighted by Crippen LogP contribution is 2.23. The first-order valence-electron chi connectivity index (χ1n) is 6.08. The van der Waals surface area contributed by atoms with Crippen molar-refractivity contribution < 1.29 is 4.92 Å². The standard InChI is InChI=1S/C12H14N4O2/c17-16(18)10-5-3-4-9-12(10)14-11(13-9)8-15-6-1-2-7-15/h3-5H,1-2,6-8H2,(H,13,14). The molecule has 6 heteroatoms. The summed E-state index contributed by atoms with van der Waals surface area (Å²) in [6.07, 6.45) is 2.45. The zero-order valence-corrected chi connectivity index (χ0v) is 9.93. The van der Waals surface area contributed by atoms with Crippen LogP contribution in [0.1, 0.15) is 18.7 Å². The fourth-order valence-corrected chi connectivity index (χ4v) is 2.44. The molecule has 1 aliphatic rings. The largest absolute Gasteiger partial charge is 0.341 e. The van der Waals surface area contributed by atoms with Crippen LogP contribution in [0.2, 0.25) is 0 Å². The van der Waals surface area contributed by atoms with E-state index < -0.39 is 0 Å². The van der Waals surface area contributed by atoms with Crippen LogP contribution in [0, 0.1) is 10.1 Å². The minimum atomic E-state index is -0.386. The van der Waals surface area contributed by atoms with Gasteiger partial charge in [-0.3, -0.25) is 15.0 Å². The first kappa shape index (κ1) is 11.2. The Morgan fingerprint density at radius 1 is 1.39 bits per heavy atom. The van der Waals surface area contributed by atoms with E-state index in [1.807, 2.05) is 6.07 Å². The van der Waals surface area contributed by atoms with Gasteiger partial charge in [-0.25, -0.2) is 4.98 Å². The first-order chi connectivity index (χ1) is 8.74. The Kier molecular flexibility index (Phi) is 2.71. The van der Waals surface area contributed by atoms with Crippen LogP contribution in [0.25, 0.3) is 11.0 Å². The SMILES string of the molecule is O=[N+]([O-])c1cccc2[nH]c(CN3CCCC3)nc12. The van der Waals surface area contributed by atoms with Crippen LogP contribution in [0.4, 0.5) is 5.69 Å². The molecule has 0 atom stereocenters. The molecule has 1 aliphatic heterocycles. The smallest absolute Gasteiger partial charge is 0.297 e. The summed E-state index contributed by atoms with van der Waals surface area (Å²) in [6, 6.07) is 4.99. The van der Waals surface area contributed by atoms with Crippen molar-refractivity contribution in [3.05, 3.63) is 34.1 Å². The molecule has 0 saturated carbocycles. The monoisotopic (exact) mass is 246 g/mol. The van der Waals surface area contributed by atoms with E-state index in [0.29, 0.717) is 5.52 Å². The lowest BCUT2D eigenvalue weighted by Gasteiger charge is -2.11. The normalized spacial score (nSPS) is 16.4. The molecule has 0 amide bonds. The molecule has 1 aromatic heterocycles. The Balaban J connectivity index is 1.94. The average molecular weight is 246 g/mol. The lowest BCUT2D eigenvalue weighted by molar-refractivity contribution is -0.383. The van der Waals surface area contributed by atoms with Gasteiger partial charge in [0, 0.05) is 6.07 Å². The van der Waals surface area contributed by atoms with Gasteiger partial charge in [0.15, 0.2) is 5.52 Å². The maximum atomic E-state index is 10.9. The summed E-state index contributed by atoms with van der Waals surface area (Å²) in [4.78, 5) is 20.4. The van der Waals surface area contributed by atoms with Crippen molar-refractivity contribution in [2.24, 2.45) is 0 Å². The maximum absolute atomic E-state index is 10.9. The van der Waals surface area contributed by atoms with Crippen molar-refractivity contribution in [2.45, 2.75) is 19.4 Å². The van der Waals surface area contributed by atoms with E-state index in [2.05, 4.69) is 14.9 Å². The summed E-state index contributed by atoms with van der Waals surface area (Å²) < 4.78 is 0. The average Bonchev–Trinajstić information content (AvgIpc) is 2.96. The maximum Gasteiger partial charge on any atom is 0.297 e. The quantitative estimate of drug-likeness (QED) is 0.664. The summed E-state index contributed by atoms with van der Waals surface area (Å²) in [7, 11) is 0. The number of hydrogen-bond donors (Lipinski definition) is 1. The van der Waals surface area contributed by atoms with Crippen molar-refractivity contribution in [3.8, 4) is 0 Å². The molecule has 0 radical (unpaired) electrons. The minimum absolute atomic E-state index is 0.0661. The van der Waals surface area contributed by atoms with E-state index in [1.54, 1.807) is 6.07 Å². The molecule has 1 aromatic carbocycles. The Hall–Kier alpha value is -1.95. The Morgan fingerprint density at radius 3 is 2.89 bits per heavy atom. The van der Waals surface area contributed by atoms with Gasteiger partial charge in [-0.15, -0.1) is 0 Å². The van der Waals surface area contributed by atoms with Gasteiger partial charge < -0.3 is 4.98 Å². The van der Waals surface area contributed by atoms with Crippen LogP contribution in [0.5, 0.6) is 0 Å². The Morgan fingerprint density at radius 2 is 2.17 bits per heavy atom. The van der Waals surface area contributed by atoms with E-state index in [4.69, 9.17) is 0 Å². The second kappa shape index (κ2) is 4.38. The summed E-state index contributed by atoms with van der Waals surface area (Å²) in [6.45, 7) is 2.91. The fourth-order valence-electron chi connectivity index (χ4n) is 2.44. The van der Waals surface area contributed by atoms with Gasteiger partial charge in [-0.05, 0) is 32.0 Å². The van der Waals surface area contributed by atoms with Crippen molar-refractivity contribution in [3.63, 3.8) is 0 Å². The molecule has 18 heavy (non-hydrogen) atoms. The van der Waals surface area contributed by atoms with E-state index in [1.165, 1.54) is 18.9 Å². The van der Waals surface area contributed by atoms with Crippen molar-refractivity contribution >= 4 is 16.7 Å². The molecule has 1 saturated heterocycles. The molecule has 1 fully saturated rings. The Labute approximate surface area is 104 Å². The highest BCUT2D eigenvalue weighted by atomic mass is 16.6. The molecule has 6 nitrogen and oxygen atoms in total. The molecule has 2 heterocycles. The van der Waals surface area contributed by atoms with Gasteiger partial charge >= 0.3 is 0 Å². The van der Waals surface area contributed by atoms with Gasteiger partial charge in [0.1, 0.15) is 5.82 Å². The van der Waals surface area contributed by atoms with Crippen LogP contribution in [-0.4, -0.2) is 32.9 Å². The zero-order chi connectivity index (χ0) is 12.5. The van der Waals surface area contributed by atoms with Gasteiger partial charge in [0.25, 0.3) is 5.69 Å². The van der Waals surface area contributed by atoms with Crippen LogP contribution >= 0.6 is 0 Å². The third-order valence-corrected chi connectivity index (χ3v) is 3.31. The van der Waals surface area contributed by atoms with Crippen LogP contribution < -0.4 is 0 Å². The highest BCUT2D eigenvalue weighted by Gasteiger charge is 2.18. The third-order valence-electron chi connectivity index (χ3n) is 3.31.